The molecule has 0 aliphatic carbocycles. The molecule has 0 fully saturated rings. The molecule has 0 saturated heterocycles. The summed E-state index contributed by atoms with van der Waals surface area (Å²) in [6.07, 6.45) is 0.773. The van der Waals surface area contributed by atoms with Crippen molar-refractivity contribution in [3.05, 3.63) is 64.5 Å². The Hall–Kier alpha value is -3.23. The van der Waals surface area contributed by atoms with Crippen LogP contribution < -0.4 is 16.0 Å². The molecule has 1 heterocycles. The molecule has 0 saturated carbocycles. The van der Waals surface area contributed by atoms with Crippen molar-refractivity contribution in [1.82, 2.24) is 10.3 Å². The van der Waals surface area contributed by atoms with Gasteiger partial charge in [-0.2, -0.15) is 0 Å². The van der Waals surface area contributed by atoms with Gasteiger partial charge in [0.1, 0.15) is 0 Å². The van der Waals surface area contributed by atoms with Crippen LogP contribution in [0.1, 0.15) is 30.1 Å². The van der Waals surface area contributed by atoms with Crippen LogP contribution in [0.4, 0.5) is 10.8 Å². The maximum Gasteiger partial charge on any atom is 0.251 e. The lowest BCUT2D eigenvalue weighted by atomic mass is 10.1. The summed E-state index contributed by atoms with van der Waals surface area (Å²) >= 11 is 7.15. The zero-order valence-corrected chi connectivity index (χ0v) is 18.3. The van der Waals surface area contributed by atoms with E-state index in [1.165, 1.54) is 18.3 Å². The Kier molecular flexibility index (Phi) is 7.75. The zero-order valence-electron chi connectivity index (χ0n) is 16.8. The molecular formula is C22H21ClN4O3S. The van der Waals surface area contributed by atoms with Crippen LogP contribution in [0.25, 0.3) is 11.3 Å². The first-order valence-corrected chi connectivity index (χ1v) is 10.8. The highest BCUT2D eigenvalue weighted by Gasteiger charge is 2.09. The fourth-order valence-electron chi connectivity index (χ4n) is 2.73. The first-order valence-electron chi connectivity index (χ1n) is 9.58. The summed E-state index contributed by atoms with van der Waals surface area (Å²) in [5.74, 6) is -0.496. The number of nitrogens with one attached hydrogen (secondary N) is 3. The third kappa shape index (κ3) is 6.91. The SMILES string of the molecule is CC(=O)Nc1ccc(-c2csc(NC(=O)CCCNC(=O)c3ccc(Cl)cc3)n2)cc1. The quantitative estimate of drug-likeness (QED) is 0.432. The van der Waals surface area contributed by atoms with Crippen molar-refractivity contribution in [2.45, 2.75) is 19.8 Å². The smallest absolute Gasteiger partial charge is 0.251 e. The van der Waals surface area contributed by atoms with Gasteiger partial charge in [0.05, 0.1) is 5.69 Å². The van der Waals surface area contributed by atoms with Crippen molar-refractivity contribution in [3.63, 3.8) is 0 Å². The van der Waals surface area contributed by atoms with Crippen LogP contribution in [0.15, 0.2) is 53.9 Å². The van der Waals surface area contributed by atoms with Crippen molar-refractivity contribution < 1.29 is 14.4 Å². The average molecular weight is 457 g/mol. The van der Waals surface area contributed by atoms with Crippen molar-refractivity contribution in [1.29, 1.82) is 0 Å². The van der Waals surface area contributed by atoms with Gasteiger partial charge in [-0.3, -0.25) is 14.4 Å². The Morgan fingerprint density at radius 3 is 2.39 bits per heavy atom. The zero-order chi connectivity index (χ0) is 22.2. The maximum absolute atomic E-state index is 12.1. The monoisotopic (exact) mass is 456 g/mol. The van der Waals surface area contributed by atoms with Crippen LogP contribution in [-0.4, -0.2) is 29.3 Å². The molecule has 2 aromatic carbocycles. The second kappa shape index (κ2) is 10.7. The van der Waals surface area contributed by atoms with Crippen LogP contribution in [0.3, 0.4) is 0 Å². The van der Waals surface area contributed by atoms with E-state index in [0.717, 1.165) is 11.3 Å². The van der Waals surface area contributed by atoms with Crippen LogP contribution in [-0.2, 0) is 9.59 Å². The summed E-state index contributed by atoms with van der Waals surface area (Å²) in [5, 5.41) is 11.2. The lowest BCUT2D eigenvalue weighted by Gasteiger charge is -2.05. The Bertz CT molecular complexity index is 1070. The van der Waals surface area contributed by atoms with Crippen LogP contribution in [0, 0.1) is 0 Å². The lowest BCUT2D eigenvalue weighted by Crippen LogP contribution is -2.25. The highest BCUT2D eigenvalue weighted by Crippen LogP contribution is 2.26. The van der Waals surface area contributed by atoms with Gasteiger partial charge in [0.15, 0.2) is 5.13 Å². The second-order valence-corrected chi connectivity index (χ2v) is 8.01. The molecule has 0 aliphatic heterocycles. The Labute approximate surface area is 188 Å². The van der Waals surface area contributed by atoms with Crippen molar-refractivity contribution in [2.75, 3.05) is 17.2 Å². The summed E-state index contributed by atoms with van der Waals surface area (Å²) in [4.78, 5) is 39.7. The number of thiazole rings is 1. The molecular weight excluding hydrogens is 436 g/mol. The van der Waals surface area contributed by atoms with E-state index in [2.05, 4.69) is 20.9 Å². The fraction of sp³-hybridized carbons (Fsp3) is 0.182. The molecule has 3 aromatic rings. The van der Waals surface area contributed by atoms with Crippen LogP contribution in [0.5, 0.6) is 0 Å². The van der Waals surface area contributed by atoms with E-state index < -0.39 is 0 Å². The summed E-state index contributed by atoms with van der Waals surface area (Å²) < 4.78 is 0. The average Bonchev–Trinajstić information content (AvgIpc) is 3.20. The number of hydrogen-bond acceptors (Lipinski definition) is 5. The molecule has 0 bridgehead atoms. The molecule has 0 spiro atoms. The van der Waals surface area contributed by atoms with Gasteiger partial charge in [-0.05, 0) is 42.8 Å². The minimum Gasteiger partial charge on any atom is -0.352 e. The van der Waals surface area contributed by atoms with E-state index in [1.54, 1.807) is 36.4 Å². The number of hydrogen-bond donors (Lipinski definition) is 3. The Morgan fingerprint density at radius 1 is 1.00 bits per heavy atom. The van der Waals surface area contributed by atoms with E-state index in [-0.39, 0.29) is 24.1 Å². The standard InChI is InChI=1S/C22H21ClN4O3S/c1-14(28)25-18-10-6-15(7-11-18)19-13-31-22(26-19)27-20(29)3-2-12-24-21(30)16-4-8-17(23)9-5-16/h4-11,13H,2-3,12H2,1H3,(H,24,30)(H,25,28)(H,26,27,29). The number of anilines is 2. The number of carbonyl (C=O) groups excluding carboxylic acids is 3. The minimum atomic E-state index is -0.203. The molecule has 1 aromatic heterocycles. The second-order valence-electron chi connectivity index (χ2n) is 6.71. The van der Waals surface area contributed by atoms with Crippen molar-refractivity contribution >= 4 is 51.5 Å². The largest absolute Gasteiger partial charge is 0.352 e. The van der Waals surface area contributed by atoms with E-state index in [1.807, 2.05) is 17.5 Å². The topological polar surface area (TPSA) is 100 Å². The predicted octanol–water partition coefficient (Wildman–Crippen LogP) is 4.57. The van der Waals surface area contributed by atoms with Gasteiger partial charge in [0, 0.05) is 47.1 Å². The summed E-state index contributed by atoms with van der Waals surface area (Å²) in [6.45, 7) is 1.84. The predicted molar refractivity (Wildman–Crippen MR) is 124 cm³/mol. The normalized spacial score (nSPS) is 10.4. The van der Waals surface area contributed by atoms with Gasteiger partial charge in [-0.1, -0.05) is 23.7 Å². The van der Waals surface area contributed by atoms with Gasteiger partial charge in [-0.25, -0.2) is 4.98 Å². The summed E-state index contributed by atoms with van der Waals surface area (Å²) in [6, 6.07) is 13.9. The Morgan fingerprint density at radius 2 is 1.71 bits per heavy atom. The van der Waals surface area contributed by atoms with Crippen LogP contribution >= 0.6 is 22.9 Å². The molecule has 31 heavy (non-hydrogen) atoms. The van der Waals surface area contributed by atoms with Gasteiger partial charge < -0.3 is 16.0 Å². The van der Waals surface area contributed by atoms with Gasteiger partial charge in [0.25, 0.3) is 5.91 Å². The first kappa shape index (κ1) is 22.5. The highest BCUT2D eigenvalue weighted by atomic mass is 35.5. The lowest BCUT2D eigenvalue weighted by molar-refractivity contribution is -0.116. The number of carbonyl (C=O) groups is 3. The number of nitrogens with zero attached hydrogens (tertiary/aromatic N) is 1. The van der Waals surface area contributed by atoms with Gasteiger partial charge in [-0.15, -0.1) is 11.3 Å². The molecule has 0 atom stereocenters. The van der Waals surface area contributed by atoms with Crippen molar-refractivity contribution in [2.24, 2.45) is 0 Å². The minimum absolute atomic E-state index is 0.129. The molecule has 9 heteroatoms. The Balaban J connectivity index is 1.43. The van der Waals surface area contributed by atoms with Gasteiger partial charge in [0.2, 0.25) is 11.8 Å². The number of amides is 3. The van der Waals surface area contributed by atoms with E-state index in [4.69, 9.17) is 11.6 Å². The third-order valence-electron chi connectivity index (χ3n) is 4.22. The van der Waals surface area contributed by atoms with E-state index >= 15 is 0 Å². The molecule has 7 nitrogen and oxygen atoms in total. The number of rotatable bonds is 8. The molecule has 3 rings (SSSR count). The number of benzene rings is 2. The van der Waals surface area contributed by atoms with Gasteiger partial charge >= 0.3 is 0 Å². The molecule has 160 valence electrons. The third-order valence-corrected chi connectivity index (χ3v) is 5.23. The number of aromatic nitrogens is 1. The summed E-state index contributed by atoms with van der Waals surface area (Å²) in [7, 11) is 0. The van der Waals surface area contributed by atoms with E-state index in [0.29, 0.717) is 34.4 Å². The first-order chi connectivity index (χ1) is 14.9. The van der Waals surface area contributed by atoms with Crippen molar-refractivity contribution in [3.8, 4) is 11.3 Å². The molecule has 0 unspecified atom stereocenters. The molecule has 3 amide bonds. The number of halogens is 1. The highest BCUT2D eigenvalue weighted by molar-refractivity contribution is 7.14. The maximum atomic E-state index is 12.1. The van der Waals surface area contributed by atoms with Crippen LogP contribution in [0.2, 0.25) is 5.02 Å². The summed E-state index contributed by atoms with van der Waals surface area (Å²) in [5.41, 5.74) is 2.86. The molecule has 0 aliphatic rings. The molecule has 3 N–H and O–H groups in total. The molecule has 0 radical (unpaired) electrons. The fourth-order valence-corrected chi connectivity index (χ4v) is 3.59. The van der Waals surface area contributed by atoms with E-state index in [9.17, 15) is 14.4 Å².